The van der Waals surface area contributed by atoms with Crippen molar-refractivity contribution in [3.05, 3.63) is 77.0 Å². The number of carbonyl (C=O) groups excluding carboxylic acids is 2. The van der Waals surface area contributed by atoms with E-state index in [-0.39, 0.29) is 5.91 Å². The normalized spacial score (nSPS) is 12.9. The fourth-order valence-corrected chi connectivity index (χ4v) is 4.64. The maximum atomic E-state index is 12.0. The largest absolute Gasteiger partial charge is 0.384 e. The van der Waals surface area contributed by atoms with E-state index in [9.17, 15) is 9.59 Å². The van der Waals surface area contributed by atoms with Gasteiger partial charge in [-0.05, 0) is 73.9 Å². The van der Waals surface area contributed by atoms with Crippen LogP contribution < -0.4 is 16.1 Å². The number of aryl methyl sites for hydroxylation is 1. The van der Waals surface area contributed by atoms with Gasteiger partial charge in [0.15, 0.2) is 0 Å². The number of nitrogens with one attached hydrogen (secondary N) is 3. The Morgan fingerprint density at radius 3 is 2.47 bits per heavy atom. The summed E-state index contributed by atoms with van der Waals surface area (Å²) in [5.74, 6) is -0.702. The minimum absolute atomic E-state index is 0.136. The average molecular weight is 487 g/mol. The number of hydrogen-bond acceptors (Lipinski definition) is 5. The van der Waals surface area contributed by atoms with Gasteiger partial charge in [0, 0.05) is 41.5 Å². The predicted molar refractivity (Wildman–Crippen MR) is 143 cm³/mol. The molecule has 2 amide bonds. The number of hydrogen-bond donors (Lipinski definition) is 4. The van der Waals surface area contributed by atoms with Crippen LogP contribution in [0.5, 0.6) is 0 Å². The highest BCUT2D eigenvalue weighted by atomic mass is 16.5. The van der Waals surface area contributed by atoms with Crippen LogP contribution in [0.25, 0.3) is 17.0 Å². The molecule has 1 aliphatic carbocycles. The number of benzene rings is 2. The first-order chi connectivity index (χ1) is 17.7. The Bertz CT molecular complexity index is 1220. The summed E-state index contributed by atoms with van der Waals surface area (Å²) >= 11 is 0. The van der Waals surface area contributed by atoms with Crippen molar-refractivity contribution in [2.24, 2.45) is 0 Å². The van der Waals surface area contributed by atoms with Crippen LogP contribution in [0.1, 0.15) is 65.7 Å². The number of rotatable bonds is 11. The van der Waals surface area contributed by atoms with Gasteiger partial charge in [0.05, 0.1) is 5.52 Å². The van der Waals surface area contributed by atoms with Gasteiger partial charge >= 0.3 is 0 Å². The summed E-state index contributed by atoms with van der Waals surface area (Å²) in [6.07, 6.45) is 12.0. The van der Waals surface area contributed by atoms with Crippen molar-refractivity contribution in [1.29, 1.82) is 0 Å². The lowest BCUT2D eigenvalue weighted by Crippen LogP contribution is -2.22. The van der Waals surface area contributed by atoms with Crippen molar-refractivity contribution in [3.8, 4) is 0 Å². The topological polar surface area (TPSA) is 103 Å². The van der Waals surface area contributed by atoms with Gasteiger partial charge in [-0.3, -0.25) is 19.8 Å². The molecule has 4 N–H and O–H groups in total. The van der Waals surface area contributed by atoms with E-state index >= 15 is 0 Å². The molecule has 1 aromatic heterocycles. The molecule has 36 heavy (non-hydrogen) atoms. The number of hydroxylamine groups is 1. The number of unbranched alkanes of at least 4 members (excludes halogenated alkanes) is 3. The molecule has 188 valence electrons. The molecule has 1 heterocycles. The number of amides is 2. The number of fused-ring (bicyclic) bond motifs is 2. The van der Waals surface area contributed by atoms with E-state index in [0.717, 1.165) is 56.1 Å². The molecule has 0 saturated heterocycles. The van der Waals surface area contributed by atoms with Crippen LogP contribution in [0.15, 0.2) is 54.6 Å². The van der Waals surface area contributed by atoms with Crippen molar-refractivity contribution in [2.75, 3.05) is 18.4 Å². The molecule has 0 unspecified atom stereocenters. The van der Waals surface area contributed by atoms with Crippen LogP contribution in [0.3, 0.4) is 0 Å². The van der Waals surface area contributed by atoms with E-state index in [1.807, 2.05) is 0 Å². The molecular weight excluding hydrogens is 452 g/mol. The van der Waals surface area contributed by atoms with Gasteiger partial charge in [-0.2, -0.15) is 0 Å². The zero-order chi connectivity index (χ0) is 25.2. The number of para-hydroxylation sites is 1. The van der Waals surface area contributed by atoms with Crippen molar-refractivity contribution >= 4 is 34.5 Å². The first kappa shape index (κ1) is 25.4. The molecule has 0 saturated carbocycles. The zero-order valence-corrected chi connectivity index (χ0v) is 20.6. The lowest BCUT2D eigenvalue weighted by molar-refractivity contribution is -0.116. The minimum atomic E-state index is -0.566. The van der Waals surface area contributed by atoms with E-state index in [2.05, 4.69) is 34.9 Å². The first-order valence-electron chi connectivity index (χ1n) is 12.8. The molecule has 2 aromatic carbocycles. The number of aromatic nitrogens is 1. The summed E-state index contributed by atoms with van der Waals surface area (Å²) in [5.41, 5.74) is 7.77. The first-order valence-corrected chi connectivity index (χ1v) is 12.8. The van der Waals surface area contributed by atoms with E-state index in [1.54, 1.807) is 35.8 Å². The van der Waals surface area contributed by atoms with Gasteiger partial charge in [-0.15, -0.1) is 0 Å². The van der Waals surface area contributed by atoms with Crippen LogP contribution in [-0.4, -0.2) is 35.1 Å². The van der Waals surface area contributed by atoms with E-state index in [1.165, 1.54) is 41.2 Å². The SMILES string of the molecule is O=C(/C=C/c1ccc(C(=O)NO)cc1)NCCCCCCNc1c2c(nc3ccccc13)CCCC2. The Balaban J connectivity index is 1.14. The van der Waals surface area contributed by atoms with Gasteiger partial charge in [-0.1, -0.05) is 43.2 Å². The molecule has 0 spiro atoms. The Labute approximate surface area is 212 Å². The van der Waals surface area contributed by atoms with Crippen molar-refractivity contribution in [3.63, 3.8) is 0 Å². The Hall–Kier alpha value is -3.71. The summed E-state index contributed by atoms with van der Waals surface area (Å²) in [4.78, 5) is 28.3. The fraction of sp³-hybridized carbons (Fsp3) is 0.345. The van der Waals surface area contributed by atoms with Crippen molar-refractivity contribution in [2.45, 2.75) is 51.4 Å². The summed E-state index contributed by atoms with van der Waals surface area (Å²) in [7, 11) is 0. The number of nitrogens with zero attached hydrogens (tertiary/aromatic N) is 1. The lowest BCUT2D eigenvalue weighted by atomic mass is 9.92. The third kappa shape index (κ3) is 6.70. The quantitative estimate of drug-likeness (QED) is 0.132. The van der Waals surface area contributed by atoms with Gasteiger partial charge in [0.1, 0.15) is 0 Å². The fourth-order valence-electron chi connectivity index (χ4n) is 4.64. The van der Waals surface area contributed by atoms with Crippen LogP contribution >= 0.6 is 0 Å². The van der Waals surface area contributed by atoms with Crippen LogP contribution in [0.4, 0.5) is 5.69 Å². The second kappa shape index (κ2) is 12.8. The maximum Gasteiger partial charge on any atom is 0.274 e. The standard InChI is InChI=1S/C29H34N4O3/c34-27(18-15-21-13-16-22(17-14-21)29(35)33-36)30-19-7-1-2-8-20-31-28-23-9-3-5-11-25(23)32-26-12-6-4-10-24(26)28/h3,5,9,11,13-18,36H,1-2,4,6-8,10,12,19-20H2,(H,30,34)(H,31,32)(H,33,35)/b18-15+. The lowest BCUT2D eigenvalue weighted by Gasteiger charge is -2.21. The molecule has 0 aliphatic heterocycles. The number of carbonyl (C=O) groups is 2. The van der Waals surface area contributed by atoms with E-state index < -0.39 is 5.91 Å². The minimum Gasteiger partial charge on any atom is -0.384 e. The van der Waals surface area contributed by atoms with Crippen molar-refractivity contribution in [1.82, 2.24) is 15.8 Å². The van der Waals surface area contributed by atoms with E-state index in [4.69, 9.17) is 10.2 Å². The van der Waals surface area contributed by atoms with Gasteiger partial charge in [0.2, 0.25) is 5.91 Å². The summed E-state index contributed by atoms with van der Waals surface area (Å²) < 4.78 is 0. The van der Waals surface area contributed by atoms with Crippen LogP contribution in [0.2, 0.25) is 0 Å². The van der Waals surface area contributed by atoms with Gasteiger partial charge < -0.3 is 10.6 Å². The molecule has 0 fully saturated rings. The monoisotopic (exact) mass is 486 g/mol. The smallest absolute Gasteiger partial charge is 0.274 e. The highest BCUT2D eigenvalue weighted by Crippen LogP contribution is 2.33. The van der Waals surface area contributed by atoms with Gasteiger partial charge in [0.25, 0.3) is 5.91 Å². The molecule has 7 heteroatoms. The zero-order valence-electron chi connectivity index (χ0n) is 20.6. The van der Waals surface area contributed by atoms with Crippen LogP contribution in [0, 0.1) is 0 Å². The molecule has 7 nitrogen and oxygen atoms in total. The second-order valence-electron chi connectivity index (χ2n) is 9.16. The van der Waals surface area contributed by atoms with Crippen LogP contribution in [-0.2, 0) is 17.6 Å². The molecule has 0 radical (unpaired) electrons. The molecule has 1 aliphatic rings. The average Bonchev–Trinajstić information content (AvgIpc) is 2.92. The summed E-state index contributed by atoms with van der Waals surface area (Å²) in [6, 6.07) is 15.0. The second-order valence-corrected chi connectivity index (χ2v) is 9.16. The number of anilines is 1. The Morgan fingerprint density at radius 2 is 1.67 bits per heavy atom. The van der Waals surface area contributed by atoms with Gasteiger partial charge in [-0.25, -0.2) is 5.48 Å². The predicted octanol–water partition coefficient (Wildman–Crippen LogP) is 5.03. The molecule has 0 bridgehead atoms. The Morgan fingerprint density at radius 1 is 0.917 bits per heavy atom. The van der Waals surface area contributed by atoms with E-state index in [0.29, 0.717) is 12.1 Å². The molecular formula is C29H34N4O3. The summed E-state index contributed by atoms with van der Waals surface area (Å²) in [6.45, 7) is 1.59. The number of pyridine rings is 1. The van der Waals surface area contributed by atoms with Crippen molar-refractivity contribution < 1.29 is 14.8 Å². The third-order valence-electron chi connectivity index (χ3n) is 6.58. The molecule has 0 atom stereocenters. The molecule has 4 rings (SSSR count). The maximum absolute atomic E-state index is 12.0. The highest BCUT2D eigenvalue weighted by molar-refractivity contribution is 5.95. The highest BCUT2D eigenvalue weighted by Gasteiger charge is 2.17. The molecule has 3 aromatic rings. The third-order valence-corrected chi connectivity index (χ3v) is 6.58. The Kier molecular flexibility index (Phi) is 9.05. The summed E-state index contributed by atoms with van der Waals surface area (Å²) in [5, 5.41) is 16.5.